The van der Waals surface area contributed by atoms with E-state index in [1.54, 1.807) is 18.2 Å². The highest BCUT2D eigenvalue weighted by Crippen LogP contribution is 2.36. The van der Waals surface area contributed by atoms with E-state index in [4.69, 9.17) is 4.42 Å². The van der Waals surface area contributed by atoms with Crippen molar-refractivity contribution in [2.24, 2.45) is 0 Å². The number of benzene rings is 2. The van der Waals surface area contributed by atoms with E-state index in [0.717, 1.165) is 33.7 Å². The molecule has 0 spiro atoms. The number of rotatable bonds is 3. The molecule has 0 fully saturated rings. The third-order valence-corrected chi connectivity index (χ3v) is 6.31. The van der Waals surface area contributed by atoms with Crippen LogP contribution >= 0.6 is 0 Å². The Morgan fingerprint density at radius 2 is 1.53 bits per heavy atom. The lowest BCUT2D eigenvalue weighted by molar-refractivity contribution is 0.0990. The maximum absolute atomic E-state index is 12.9. The standard InChI is InChI=1S/C28H25NO3/c1-6-29-19(12-22-27(30)20-8-7-15(2)11-21(20)28(22)31)13-24-23(29)14-25(32-24)26-17(4)9-16(3)10-18(26)5/h7-14H,6H2,1-5H3/b22-12-. The molecule has 160 valence electrons. The van der Waals surface area contributed by atoms with Crippen molar-refractivity contribution < 1.29 is 14.0 Å². The average molecular weight is 424 g/mol. The fourth-order valence-corrected chi connectivity index (χ4v) is 4.94. The van der Waals surface area contributed by atoms with Crippen LogP contribution < -0.4 is 0 Å². The fraction of sp³-hybridized carbons (Fsp3) is 0.214. The lowest BCUT2D eigenvalue weighted by Crippen LogP contribution is -2.03. The Hall–Kier alpha value is -3.66. The number of carbonyl (C=O) groups is 2. The van der Waals surface area contributed by atoms with E-state index in [2.05, 4.69) is 43.5 Å². The second-order valence-corrected chi connectivity index (χ2v) is 8.71. The van der Waals surface area contributed by atoms with Crippen LogP contribution in [-0.4, -0.2) is 16.1 Å². The molecule has 4 nitrogen and oxygen atoms in total. The summed E-state index contributed by atoms with van der Waals surface area (Å²) in [4.78, 5) is 25.8. The van der Waals surface area contributed by atoms with Crippen molar-refractivity contribution in [1.82, 2.24) is 4.57 Å². The Kier molecular flexibility index (Phi) is 4.55. The predicted octanol–water partition coefficient (Wildman–Crippen LogP) is 6.62. The lowest BCUT2D eigenvalue weighted by Gasteiger charge is -2.09. The Balaban J connectivity index is 1.61. The van der Waals surface area contributed by atoms with Crippen LogP contribution in [0.5, 0.6) is 0 Å². The zero-order valence-electron chi connectivity index (χ0n) is 19.0. The second kappa shape index (κ2) is 7.20. The van der Waals surface area contributed by atoms with Crippen LogP contribution in [0.4, 0.5) is 0 Å². The van der Waals surface area contributed by atoms with Gasteiger partial charge in [-0.1, -0.05) is 35.4 Å². The largest absolute Gasteiger partial charge is 0.454 e. The van der Waals surface area contributed by atoms with Gasteiger partial charge in [0.1, 0.15) is 5.76 Å². The highest BCUT2D eigenvalue weighted by atomic mass is 16.3. The molecule has 0 saturated carbocycles. The molecule has 0 atom stereocenters. The van der Waals surface area contributed by atoms with Gasteiger partial charge in [0.15, 0.2) is 17.1 Å². The zero-order valence-corrected chi connectivity index (χ0v) is 19.0. The summed E-state index contributed by atoms with van der Waals surface area (Å²) in [6.07, 6.45) is 1.71. The summed E-state index contributed by atoms with van der Waals surface area (Å²) >= 11 is 0. The van der Waals surface area contributed by atoms with Crippen LogP contribution in [-0.2, 0) is 6.54 Å². The van der Waals surface area contributed by atoms with Gasteiger partial charge >= 0.3 is 0 Å². The maximum Gasteiger partial charge on any atom is 0.197 e. The number of hydrogen-bond donors (Lipinski definition) is 0. The summed E-state index contributed by atoms with van der Waals surface area (Å²) in [7, 11) is 0. The van der Waals surface area contributed by atoms with Crippen LogP contribution in [0.1, 0.15) is 55.6 Å². The molecule has 4 aromatic rings. The van der Waals surface area contributed by atoms with Gasteiger partial charge in [0, 0.05) is 41.1 Å². The van der Waals surface area contributed by atoms with E-state index in [-0.39, 0.29) is 17.1 Å². The Labute approximate surface area is 187 Å². The molecule has 0 saturated heterocycles. The number of aryl methyl sites for hydroxylation is 5. The fourth-order valence-electron chi connectivity index (χ4n) is 4.94. The lowest BCUT2D eigenvalue weighted by atomic mass is 9.98. The molecule has 0 N–H and O–H groups in total. The van der Waals surface area contributed by atoms with E-state index in [9.17, 15) is 9.59 Å². The highest BCUT2D eigenvalue weighted by molar-refractivity contribution is 6.41. The molecular formula is C28H25NO3. The third kappa shape index (κ3) is 2.98. The number of aromatic nitrogens is 1. The van der Waals surface area contributed by atoms with Crippen molar-refractivity contribution in [3.05, 3.63) is 87.1 Å². The normalized spacial score (nSPS) is 14.7. The monoisotopic (exact) mass is 423 g/mol. The summed E-state index contributed by atoms with van der Waals surface area (Å²) < 4.78 is 8.34. The number of nitrogens with zero attached hydrogens (tertiary/aromatic N) is 1. The van der Waals surface area contributed by atoms with Crippen molar-refractivity contribution in [3.8, 4) is 11.3 Å². The topological polar surface area (TPSA) is 52.2 Å². The number of Topliss-reactive ketones (excluding diaryl/α,β-unsaturated/α-hetero) is 2. The van der Waals surface area contributed by atoms with Crippen molar-refractivity contribution in [3.63, 3.8) is 0 Å². The van der Waals surface area contributed by atoms with Crippen molar-refractivity contribution in [2.75, 3.05) is 0 Å². The molecule has 2 heterocycles. The number of ketones is 2. The number of hydrogen-bond acceptors (Lipinski definition) is 3. The molecule has 4 heteroatoms. The van der Waals surface area contributed by atoms with E-state index in [0.29, 0.717) is 17.7 Å². The molecule has 5 rings (SSSR count). The smallest absolute Gasteiger partial charge is 0.197 e. The van der Waals surface area contributed by atoms with Gasteiger partial charge in [0.05, 0.1) is 11.1 Å². The first-order chi connectivity index (χ1) is 15.3. The molecule has 0 amide bonds. The average Bonchev–Trinajstić information content (AvgIpc) is 3.33. The number of fused-ring (bicyclic) bond motifs is 2. The van der Waals surface area contributed by atoms with Gasteiger partial charge < -0.3 is 8.98 Å². The zero-order chi connectivity index (χ0) is 22.7. The summed E-state index contributed by atoms with van der Waals surface area (Å²) in [5.74, 6) is 0.417. The minimum atomic E-state index is -0.211. The minimum Gasteiger partial charge on any atom is -0.454 e. The van der Waals surface area contributed by atoms with Crippen molar-refractivity contribution >= 4 is 28.7 Å². The van der Waals surface area contributed by atoms with E-state index in [1.165, 1.54) is 16.7 Å². The van der Waals surface area contributed by atoms with Crippen LogP contribution in [0.15, 0.2) is 52.5 Å². The van der Waals surface area contributed by atoms with Crippen molar-refractivity contribution in [1.29, 1.82) is 0 Å². The first-order valence-corrected chi connectivity index (χ1v) is 10.9. The van der Waals surface area contributed by atoms with Crippen molar-refractivity contribution in [2.45, 2.75) is 41.2 Å². The number of carbonyl (C=O) groups excluding carboxylic acids is 2. The highest BCUT2D eigenvalue weighted by Gasteiger charge is 2.33. The van der Waals surface area contributed by atoms with Gasteiger partial charge in [-0.15, -0.1) is 0 Å². The van der Waals surface area contributed by atoms with Crippen LogP contribution in [0.3, 0.4) is 0 Å². The molecule has 0 bridgehead atoms. The minimum absolute atomic E-state index is 0.208. The summed E-state index contributed by atoms with van der Waals surface area (Å²) in [6, 6.07) is 13.7. The molecule has 2 aromatic carbocycles. The molecule has 2 aromatic heterocycles. The van der Waals surface area contributed by atoms with Crippen LogP contribution in [0, 0.1) is 27.7 Å². The predicted molar refractivity (Wildman–Crippen MR) is 127 cm³/mol. The quantitative estimate of drug-likeness (QED) is 0.275. The molecular weight excluding hydrogens is 398 g/mol. The van der Waals surface area contributed by atoms with Gasteiger partial charge in [0.25, 0.3) is 0 Å². The number of furan rings is 1. The van der Waals surface area contributed by atoms with E-state index >= 15 is 0 Å². The molecule has 0 radical (unpaired) electrons. The summed E-state index contributed by atoms with van der Waals surface area (Å²) in [5, 5.41) is 0. The Bertz CT molecular complexity index is 1450. The van der Waals surface area contributed by atoms with E-state index in [1.807, 2.05) is 26.0 Å². The van der Waals surface area contributed by atoms with Gasteiger partial charge in [0.2, 0.25) is 0 Å². The van der Waals surface area contributed by atoms with Gasteiger partial charge in [-0.2, -0.15) is 0 Å². The number of allylic oxidation sites excluding steroid dienone is 1. The molecule has 0 aliphatic heterocycles. The SMILES string of the molecule is CCn1c(/C=C2/C(=O)c3ccc(C)cc3C2=O)cc2oc(-c3c(C)cc(C)cc3C)cc21. The van der Waals surface area contributed by atoms with Gasteiger partial charge in [-0.25, -0.2) is 0 Å². The van der Waals surface area contributed by atoms with Gasteiger partial charge in [-0.3, -0.25) is 9.59 Å². The first-order valence-electron chi connectivity index (χ1n) is 10.9. The molecule has 1 aliphatic carbocycles. The van der Waals surface area contributed by atoms with Gasteiger partial charge in [-0.05, 0) is 57.9 Å². The van der Waals surface area contributed by atoms with E-state index < -0.39 is 0 Å². The Morgan fingerprint density at radius 1 is 0.844 bits per heavy atom. The third-order valence-electron chi connectivity index (χ3n) is 6.31. The molecule has 1 aliphatic rings. The molecule has 0 unspecified atom stereocenters. The maximum atomic E-state index is 12.9. The summed E-state index contributed by atoms with van der Waals surface area (Å²) in [6.45, 7) is 11.0. The Morgan fingerprint density at radius 3 is 2.22 bits per heavy atom. The first kappa shape index (κ1) is 20.3. The molecule has 32 heavy (non-hydrogen) atoms. The van der Waals surface area contributed by atoms with Crippen LogP contribution in [0.2, 0.25) is 0 Å². The summed E-state index contributed by atoms with van der Waals surface area (Å²) in [5.41, 5.74) is 9.37. The second-order valence-electron chi connectivity index (χ2n) is 8.71. The van der Waals surface area contributed by atoms with Crippen LogP contribution in [0.25, 0.3) is 28.5 Å².